The molecule has 2 saturated carbocycles. The highest BCUT2D eigenvalue weighted by molar-refractivity contribution is 5.96. The summed E-state index contributed by atoms with van der Waals surface area (Å²) in [4.78, 5) is 57.4. The highest BCUT2D eigenvalue weighted by Gasteiger charge is 2.57. The number of nitrogens with zero attached hydrogens (tertiary/aromatic N) is 4. The lowest BCUT2D eigenvalue weighted by Crippen LogP contribution is -2.46. The molecule has 2 amide bonds. The van der Waals surface area contributed by atoms with Crippen LogP contribution in [0.5, 0.6) is 0 Å². The number of aliphatic hydroxyl groups is 2. The first-order valence-corrected chi connectivity index (χ1v) is 22.4. The van der Waals surface area contributed by atoms with Crippen molar-refractivity contribution in [1.29, 1.82) is 0 Å². The molecule has 324 valence electrons. The van der Waals surface area contributed by atoms with Gasteiger partial charge < -0.3 is 30.0 Å². The number of nitrogens with one attached hydrogen (secondary N) is 2. The molecule has 10 rings (SSSR count). The molecular formula is C50H58N6O6. The number of fused-ring (bicyclic) bond motifs is 6. The number of amides is 2. The van der Waals surface area contributed by atoms with Crippen LogP contribution in [-0.4, -0.2) is 79.3 Å². The van der Waals surface area contributed by atoms with E-state index in [2.05, 4.69) is 20.4 Å². The predicted octanol–water partition coefficient (Wildman–Crippen LogP) is 5.79. The van der Waals surface area contributed by atoms with Crippen LogP contribution in [0.1, 0.15) is 74.1 Å². The van der Waals surface area contributed by atoms with E-state index in [9.17, 15) is 29.4 Å². The number of anilines is 2. The van der Waals surface area contributed by atoms with Gasteiger partial charge in [0, 0.05) is 97.0 Å². The third-order valence-electron chi connectivity index (χ3n) is 14.1. The molecule has 0 unspecified atom stereocenters. The van der Waals surface area contributed by atoms with Crippen molar-refractivity contribution in [3.8, 4) is 0 Å². The normalized spacial score (nSPS) is 27.4. The van der Waals surface area contributed by atoms with Crippen molar-refractivity contribution in [2.24, 2.45) is 35.5 Å². The van der Waals surface area contributed by atoms with Gasteiger partial charge in [-0.2, -0.15) is 0 Å². The molecule has 0 bridgehead atoms. The molecule has 2 saturated heterocycles. The van der Waals surface area contributed by atoms with Crippen molar-refractivity contribution in [1.82, 2.24) is 18.9 Å². The second-order valence-electron chi connectivity index (χ2n) is 18.0. The molecule has 62 heavy (non-hydrogen) atoms. The quantitative estimate of drug-likeness (QED) is 0.140. The molecule has 2 aromatic carbocycles. The molecule has 12 heteroatoms. The van der Waals surface area contributed by atoms with E-state index < -0.39 is 12.1 Å². The highest BCUT2D eigenvalue weighted by Crippen LogP contribution is 2.52. The van der Waals surface area contributed by atoms with Gasteiger partial charge >= 0.3 is 0 Å². The smallest absolute Gasteiger partial charge is 0.258 e. The van der Waals surface area contributed by atoms with Crippen molar-refractivity contribution in [3.05, 3.63) is 140 Å². The number of aliphatic hydroxyl groups excluding tert-OH is 2. The molecule has 2 aromatic heterocycles. The summed E-state index contributed by atoms with van der Waals surface area (Å²) in [5.41, 5.74) is 4.85. The van der Waals surface area contributed by atoms with E-state index in [1.807, 2.05) is 132 Å². The van der Waals surface area contributed by atoms with Gasteiger partial charge in [0.05, 0.1) is 24.2 Å². The Kier molecular flexibility index (Phi) is 12.0. The third-order valence-corrected chi connectivity index (χ3v) is 14.1. The first-order chi connectivity index (χ1) is 30.2. The molecule has 0 radical (unpaired) electrons. The van der Waals surface area contributed by atoms with Crippen molar-refractivity contribution in [2.75, 3.05) is 36.9 Å². The van der Waals surface area contributed by atoms with Crippen molar-refractivity contribution < 1.29 is 19.8 Å². The monoisotopic (exact) mass is 838 g/mol. The lowest BCUT2D eigenvalue weighted by Gasteiger charge is -2.31. The Morgan fingerprint density at radius 1 is 0.597 bits per heavy atom. The van der Waals surface area contributed by atoms with Crippen molar-refractivity contribution in [3.63, 3.8) is 0 Å². The molecule has 4 fully saturated rings. The molecule has 4 aliphatic heterocycles. The summed E-state index contributed by atoms with van der Waals surface area (Å²) in [5, 5.41) is 26.8. The van der Waals surface area contributed by atoms with Crippen LogP contribution in [-0.2, 0) is 22.7 Å². The molecule has 0 spiro atoms. The van der Waals surface area contributed by atoms with Crippen LogP contribution >= 0.6 is 0 Å². The maximum absolute atomic E-state index is 13.4. The van der Waals surface area contributed by atoms with Gasteiger partial charge in [-0.25, -0.2) is 0 Å². The molecule has 6 aliphatic rings. The number of benzene rings is 2. The van der Waals surface area contributed by atoms with Gasteiger partial charge in [-0.1, -0.05) is 60.7 Å². The average molecular weight is 839 g/mol. The molecule has 8 atom stereocenters. The second kappa shape index (κ2) is 17.8. The number of carbonyl (C=O) groups is 2. The van der Waals surface area contributed by atoms with E-state index >= 15 is 0 Å². The van der Waals surface area contributed by atoms with Crippen LogP contribution in [0, 0.1) is 35.5 Å². The van der Waals surface area contributed by atoms with Gasteiger partial charge in [0.15, 0.2) is 0 Å². The van der Waals surface area contributed by atoms with Crippen molar-refractivity contribution >= 4 is 35.3 Å². The summed E-state index contributed by atoms with van der Waals surface area (Å²) in [6.45, 7) is 6.42. The number of aromatic nitrogens is 2. The fourth-order valence-electron chi connectivity index (χ4n) is 10.9. The van der Waals surface area contributed by atoms with E-state index in [-0.39, 0.29) is 71.9 Å². The summed E-state index contributed by atoms with van der Waals surface area (Å²) in [6.07, 6.45) is 12.1. The molecule has 2 aliphatic carbocycles. The van der Waals surface area contributed by atoms with E-state index in [4.69, 9.17) is 0 Å². The lowest BCUT2D eigenvalue weighted by atomic mass is 9.88. The molecule has 12 nitrogen and oxygen atoms in total. The number of likely N-dealkylation sites (tertiary alicyclic amines) is 2. The van der Waals surface area contributed by atoms with Crippen LogP contribution in [0.15, 0.2) is 107 Å². The summed E-state index contributed by atoms with van der Waals surface area (Å²) < 4.78 is 3.72. The van der Waals surface area contributed by atoms with Gasteiger partial charge in [0.25, 0.3) is 11.1 Å². The number of pyridine rings is 2. The minimum absolute atomic E-state index is 0.0124. The van der Waals surface area contributed by atoms with E-state index in [0.717, 1.165) is 35.9 Å². The Hall–Kier alpha value is -5.40. The van der Waals surface area contributed by atoms with Gasteiger partial charge in [-0.05, 0) is 99.9 Å². The number of hydrogen-bond acceptors (Lipinski definition) is 8. The van der Waals surface area contributed by atoms with E-state index in [1.165, 1.54) is 25.7 Å². The number of carbonyl (C=O) groups excluding carboxylic acids is 2. The SMILES string of the molecule is C/C=C/c1ccc2n(c1=O)C[C@@H]1[C@@H](CO)[C@H](C(=O)Nc3ccccc3)N(CC3CC3)[C@H]21.C/C=C\c1ccc2n(c1=O)C[C@@H]1[C@@H](CO)[C@H](C(=O)Nc3ccccc3)N(CC3CC3)[C@H]21. The highest BCUT2D eigenvalue weighted by atomic mass is 16.3. The first-order valence-electron chi connectivity index (χ1n) is 22.4. The average Bonchev–Trinajstić information content (AvgIpc) is 4.15. The Morgan fingerprint density at radius 2 is 0.984 bits per heavy atom. The fraction of sp³-hybridized carbons (Fsp3) is 0.440. The van der Waals surface area contributed by atoms with E-state index in [0.29, 0.717) is 36.1 Å². The zero-order valence-corrected chi connectivity index (χ0v) is 35.6. The minimum atomic E-state index is -0.403. The van der Waals surface area contributed by atoms with Gasteiger partial charge in [-0.15, -0.1) is 0 Å². The maximum Gasteiger partial charge on any atom is 0.258 e. The number of para-hydroxylation sites is 2. The molecule has 4 aromatic rings. The lowest BCUT2D eigenvalue weighted by molar-refractivity contribution is -0.123. The Balaban J connectivity index is 0.000000158. The van der Waals surface area contributed by atoms with Crippen LogP contribution < -0.4 is 21.8 Å². The molecule has 4 N–H and O–H groups in total. The molecule has 6 heterocycles. The van der Waals surface area contributed by atoms with Crippen molar-refractivity contribution in [2.45, 2.75) is 76.8 Å². The van der Waals surface area contributed by atoms with Gasteiger partial charge in [0.2, 0.25) is 11.8 Å². The summed E-state index contributed by atoms with van der Waals surface area (Å²) in [5.74, 6) is 0.711. The summed E-state index contributed by atoms with van der Waals surface area (Å²) in [6, 6.07) is 26.0. The van der Waals surface area contributed by atoms with Crippen LogP contribution in [0.3, 0.4) is 0 Å². The minimum Gasteiger partial charge on any atom is -0.396 e. The van der Waals surface area contributed by atoms with Gasteiger partial charge in [-0.3, -0.25) is 29.0 Å². The fourth-order valence-corrected chi connectivity index (χ4v) is 10.9. The van der Waals surface area contributed by atoms with Crippen LogP contribution in [0.2, 0.25) is 0 Å². The molecular weight excluding hydrogens is 781 g/mol. The summed E-state index contributed by atoms with van der Waals surface area (Å²) >= 11 is 0. The third kappa shape index (κ3) is 7.94. The van der Waals surface area contributed by atoms with Crippen LogP contribution in [0.25, 0.3) is 12.2 Å². The number of allylic oxidation sites excluding steroid dienone is 2. The summed E-state index contributed by atoms with van der Waals surface area (Å²) in [7, 11) is 0. The largest absolute Gasteiger partial charge is 0.396 e. The van der Waals surface area contributed by atoms with Crippen LogP contribution in [0.4, 0.5) is 11.4 Å². The Labute approximate surface area is 362 Å². The van der Waals surface area contributed by atoms with E-state index in [1.54, 1.807) is 0 Å². The topological polar surface area (TPSA) is 149 Å². The Morgan fingerprint density at radius 3 is 1.32 bits per heavy atom. The standard InChI is InChI=1S/2C25H29N3O3/c2*1-2-6-17-11-12-21-22-19(14-27(21)25(17)31)20(15-29)23(28(22)13-16-9-10-16)24(30)26-18-7-4-3-5-8-18/h2*2-8,11-12,16,19-20,22-23,29H,9-10,13-15H2,1H3,(H,26,30)/b6-2+;6-2-/t2*19-,20-,22+,23-/m11/s1. The maximum atomic E-state index is 13.4. The Bertz CT molecular complexity index is 2290. The zero-order valence-electron chi connectivity index (χ0n) is 35.6. The number of hydrogen-bond donors (Lipinski definition) is 4. The van der Waals surface area contributed by atoms with Gasteiger partial charge in [0.1, 0.15) is 0 Å². The second-order valence-corrected chi connectivity index (χ2v) is 18.0. The zero-order chi connectivity index (χ0) is 43.1. The number of rotatable bonds is 12. The first kappa shape index (κ1) is 41.9. The predicted molar refractivity (Wildman–Crippen MR) is 241 cm³/mol.